The first kappa shape index (κ1) is 45.0. The van der Waals surface area contributed by atoms with E-state index in [1.165, 1.54) is 12.1 Å². The Kier molecular flexibility index (Phi) is 19.1. The number of nitrogens with two attached hydrogens (primary N) is 1. The third kappa shape index (κ3) is 14.7. The highest BCUT2D eigenvalue weighted by molar-refractivity contribution is 6.12. The number of amides is 1. The van der Waals surface area contributed by atoms with E-state index in [0.717, 1.165) is 5.56 Å². The van der Waals surface area contributed by atoms with Gasteiger partial charge in [0.15, 0.2) is 0 Å². The Bertz CT molecular complexity index is 1790. The summed E-state index contributed by atoms with van der Waals surface area (Å²) in [6.45, 7) is 8.65. The Morgan fingerprint density at radius 2 is 1.33 bits per heavy atom. The minimum Gasteiger partial charge on any atom is -0.491 e. The van der Waals surface area contributed by atoms with Crippen molar-refractivity contribution in [1.82, 2.24) is 4.57 Å². The molecule has 57 heavy (non-hydrogen) atoms. The van der Waals surface area contributed by atoms with Crippen molar-refractivity contribution in [3.8, 4) is 28.1 Å². The van der Waals surface area contributed by atoms with Crippen LogP contribution in [0.4, 0.5) is 10.1 Å². The Morgan fingerprint density at radius 1 is 0.754 bits per heavy atom. The lowest BCUT2D eigenvalue weighted by Crippen LogP contribution is -2.22. The fourth-order valence-corrected chi connectivity index (χ4v) is 6.38. The lowest BCUT2D eigenvalue weighted by atomic mass is 9.94. The first-order valence-electron chi connectivity index (χ1n) is 19.3. The average Bonchev–Trinajstić information content (AvgIpc) is 3.54. The number of aliphatic hydroxyl groups excluding tert-OH is 2. The molecule has 13 nitrogen and oxygen atoms in total. The number of halogens is 1. The van der Waals surface area contributed by atoms with E-state index in [4.69, 9.17) is 34.5 Å². The summed E-state index contributed by atoms with van der Waals surface area (Å²) in [5.74, 6) is -1.50. The van der Waals surface area contributed by atoms with Gasteiger partial charge in [0, 0.05) is 30.0 Å². The van der Waals surface area contributed by atoms with Crippen molar-refractivity contribution in [3.63, 3.8) is 0 Å². The standard InChI is InChI=1S/C43H56FN3O10/c1-30(2)41-40(43(52)46-34-12-14-37(15-13-34)57-27-26-56-25-24-55-23-22-54-21-20-53-19-17-45)39(31-6-4-3-5-7-31)42(32-8-10-33(44)11-9-32)47(41)18-16-35(48)28-36(49)29-38(50)51/h3-15,30,35-36,48-49H,16-29,45H2,1-2H3,(H,46,52)(H,50,51). The molecular weight excluding hydrogens is 737 g/mol. The topological polar surface area (TPSA) is 184 Å². The van der Waals surface area contributed by atoms with E-state index in [0.29, 0.717) is 106 Å². The van der Waals surface area contributed by atoms with E-state index in [-0.39, 0.29) is 31.2 Å². The van der Waals surface area contributed by atoms with Crippen LogP contribution in [-0.2, 0) is 30.3 Å². The molecule has 0 saturated carbocycles. The summed E-state index contributed by atoms with van der Waals surface area (Å²) in [4.78, 5) is 25.6. The zero-order chi connectivity index (χ0) is 41.0. The number of aliphatic carboxylic acids is 1. The van der Waals surface area contributed by atoms with Crippen LogP contribution in [0.1, 0.15) is 55.1 Å². The largest absolute Gasteiger partial charge is 0.491 e. The second-order valence-electron chi connectivity index (χ2n) is 13.7. The van der Waals surface area contributed by atoms with Crippen molar-refractivity contribution < 1.29 is 53.0 Å². The van der Waals surface area contributed by atoms with Crippen LogP contribution in [0, 0.1) is 5.82 Å². The smallest absolute Gasteiger partial charge is 0.305 e. The molecule has 0 aliphatic heterocycles. The van der Waals surface area contributed by atoms with Crippen molar-refractivity contribution >= 4 is 17.6 Å². The monoisotopic (exact) mass is 793 g/mol. The van der Waals surface area contributed by atoms with E-state index >= 15 is 0 Å². The third-order valence-corrected chi connectivity index (χ3v) is 8.88. The summed E-state index contributed by atoms with van der Waals surface area (Å²) in [5.41, 5.74) is 9.79. The molecule has 0 spiro atoms. The van der Waals surface area contributed by atoms with Gasteiger partial charge in [0.2, 0.25) is 0 Å². The van der Waals surface area contributed by atoms with E-state index in [1.807, 2.05) is 48.7 Å². The predicted octanol–water partition coefficient (Wildman–Crippen LogP) is 5.72. The number of nitrogens with one attached hydrogen (secondary N) is 1. The molecule has 0 saturated heterocycles. The number of carboxylic acids is 1. The fourth-order valence-electron chi connectivity index (χ4n) is 6.38. The molecular formula is C43H56FN3O10. The molecule has 0 fully saturated rings. The number of ether oxygens (including phenoxy) is 5. The van der Waals surface area contributed by atoms with Crippen LogP contribution in [0.3, 0.4) is 0 Å². The number of anilines is 1. The van der Waals surface area contributed by atoms with Crippen LogP contribution < -0.4 is 15.8 Å². The quantitative estimate of drug-likeness (QED) is 0.0466. The molecule has 1 heterocycles. The Hall–Kier alpha value is -4.67. The van der Waals surface area contributed by atoms with Gasteiger partial charge in [0.05, 0.1) is 82.7 Å². The molecule has 4 rings (SSSR count). The van der Waals surface area contributed by atoms with Crippen LogP contribution in [0.25, 0.3) is 22.4 Å². The molecule has 1 amide bonds. The summed E-state index contributed by atoms with van der Waals surface area (Å²) in [7, 11) is 0. The maximum Gasteiger partial charge on any atom is 0.305 e. The van der Waals surface area contributed by atoms with Crippen LogP contribution in [0.5, 0.6) is 5.75 Å². The number of carbonyl (C=O) groups excluding carboxylic acids is 1. The number of benzene rings is 3. The molecule has 3 aromatic carbocycles. The van der Waals surface area contributed by atoms with Gasteiger partial charge < -0.3 is 54.6 Å². The Morgan fingerprint density at radius 3 is 1.89 bits per heavy atom. The molecule has 2 unspecified atom stereocenters. The lowest BCUT2D eigenvalue weighted by molar-refractivity contribution is -0.139. The summed E-state index contributed by atoms with van der Waals surface area (Å²) in [5, 5.41) is 33.2. The van der Waals surface area contributed by atoms with Gasteiger partial charge >= 0.3 is 5.97 Å². The molecule has 0 radical (unpaired) electrons. The highest BCUT2D eigenvalue weighted by Gasteiger charge is 2.31. The minimum atomic E-state index is -1.21. The highest BCUT2D eigenvalue weighted by atomic mass is 19.1. The van der Waals surface area contributed by atoms with Crippen molar-refractivity contribution in [3.05, 3.63) is 95.9 Å². The summed E-state index contributed by atoms with van der Waals surface area (Å²) >= 11 is 0. The molecule has 0 aliphatic rings. The van der Waals surface area contributed by atoms with Crippen LogP contribution in [0.15, 0.2) is 78.9 Å². The predicted molar refractivity (Wildman–Crippen MR) is 215 cm³/mol. The van der Waals surface area contributed by atoms with Crippen molar-refractivity contribution in [2.24, 2.45) is 5.73 Å². The maximum absolute atomic E-state index is 14.5. The van der Waals surface area contributed by atoms with Gasteiger partial charge in [-0.25, -0.2) is 4.39 Å². The molecule has 0 aliphatic carbocycles. The maximum atomic E-state index is 14.5. The fraction of sp³-hybridized carbons (Fsp3) is 0.442. The third-order valence-electron chi connectivity index (χ3n) is 8.88. The van der Waals surface area contributed by atoms with Gasteiger partial charge in [-0.3, -0.25) is 9.59 Å². The Balaban J connectivity index is 1.46. The van der Waals surface area contributed by atoms with E-state index in [1.54, 1.807) is 36.4 Å². The molecule has 14 heteroatoms. The number of hydrogen-bond donors (Lipinski definition) is 5. The van der Waals surface area contributed by atoms with Crippen molar-refractivity contribution in [2.45, 2.75) is 57.8 Å². The number of carbonyl (C=O) groups is 2. The summed E-state index contributed by atoms with van der Waals surface area (Å²) in [6, 6.07) is 22.5. The Labute approximate surface area is 333 Å². The number of rotatable bonds is 27. The second kappa shape index (κ2) is 24.2. The van der Waals surface area contributed by atoms with E-state index in [2.05, 4.69) is 5.32 Å². The molecule has 6 N–H and O–H groups in total. The van der Waals surface area contributed by atoms with Gasteiger partial charge in [-0.1, -0.05) is 44.2 Å². The SMILES string of the molecule is CC(C)c1c(C(=O)Nc2ccc(OCCOCCOCCOCCOCCN)cc2)c(-c2ccccc2)c(-c2ccc(F)cc2)n1CCC(O)CC(O)CC(=O)O. The summed E-state index contributed by atoms with van der Waals surface area (Å²) < 4.78 is 43.8. The zero-order valence-electron chi connectivity index (χ0n) is 32.7. The van der Waals surface area contributed by atoms with Crippen molar-refractivity contribution in [1.29, 1.82) is 0 Å². The number of hydrogen-bond acceptors (Lipinski definition) is 10. The van der Waals surface area contributed by atoms with Gasteiger partial charge in [0.1, 0.15) is 18.2 Å². The molecule has 1 aromatic heterocycles. The van der Waals surface area contributed by atoms with Gasteiger partial charge in [0.25, 0.3) is 5.91 Å². The number of aromatic nitrogens is 1. The molecule has 310 valence electrons. The molecule has 2 atom stereocenters. The van der Waals surface area contributed by atoms with Gasteiger partial charge in [-0.15, -0.1) is 0 Å². The number of carboxylic acid groups (broad SMARTS) is 1. The average molecular weight is 794 g/mol. The summed E-state index contributed by atoms with van der Waals surface area (Å²) in [6.07, 6.45) is -2.67. The number of nitrogens with zero attached hydrogens (tertiary/aromatic N) is 1. The molecule has 0 bridgehead atoms. The van der Waals surface area contributed by atoms with Crippen molar-refractivity contribution in [2.75, 3.05) is 71.3 Å². The van der Waals surface area contributed by atoms with Crippen LogP contribution >= 0.6 is 0 Å². The second-order valence-corrected chi connectivity index (χ2v) is 13.7. The van der Waals surface area contributed by atoms with E-state index in [9.17, 15) is 24.2 Å². The van der Waals surface area contributed by atoms with Crippen LogP contribution in [0.2, 0.25) is 0 Å². The van der Waals surface area contributed by atoms with Crippen LogP contribution in [-0.4, -0.2) is 110 Å². The van der Waals surface area contributed by atoms with E-state index < -0.39 is 30.4 Å². The number of aliphatic hydroxyl groups is 2. The zero-order valence-corrected chi connectivity index (χ0v) is 32.7. The highest BCUT2D eigenvalue weighted by Crippen LogP contribution is 2.42. The molecule has 4 aromatic rings. The lowest BCUT2D eigenvalue weighted by Gasteiger charge is -2.20. The van der Waals surface area contributed by atoms with Gasteiger partial charge in [-0.05, 0) is 78.4 Å². The first-order valence-corrected chi connectivity index (χ1v) is 19.3. The minimum absolute atomic E-state index is 0.124. The normalized spacial score (nSPS) is 12.5. The first-order chi connectivity index (χ1) is 27.6. The van der Waals surface area contributed by atoms with Gasteiger partial charge in [-0.2, -0.15) is 0 Å².